The first-order valence-corrected chi connectivity index (χ1v) is 5.38. The fourth-order valence-corrected chi connectivity index (χ4v) is 2.58. The van der Waals surface area contributed by atoms with Crippen molar-refractivity contribution in [3.05, 3.63) is 20.8 Å². The molecule has 0 aliphatic carbocycles. The molecule has 16 heavy (non-hydrogen) atoms. The van der Waals surface area contributed by atoms with E-state index in [9.17, 15) is 9.59 Å². The van der Waals surface area contributed by atoms with Gasteiger partial charge in [0, 0.05) is 26.2 Å². The zero-order valence-electron chi connectivity index (χ0n) is 8.69. The maximum Gasteiger partial charge on any atom is 0.342 e. The van der Waals surface area contributed by atoms with Gasteiger partial charge in [0.1, 0.15) is 0 Å². The van der Waals surface area contributed by atoms with Gasteiger partial charge in [-0.05, 0) is 11.8 Å². The molecule has 0 amide bonds. The van der Waals surface area contributed by atoms with Crippen molar-refractivity contribution in [1.82, 2.24) is 20.5 Å². The molecule has 2 atom stereocenters. The van der Waals surface area contributed by atoms with Crippen LogP contribution in [0.25, 0.3) is 0 Å². The van der Waals surface area contributed by atoms with E-state index in [1.54, 1.807) is 0 Å². The van der Waals surface area contributed by atoms with Crippen molar-refractivity contribution in [1.29, 1.82) is 0 Å². The number of nitrogens with one attached hydrogen (secondary N) is 3. The lowest BCUT2D eigenvalue weighted by Crippen LogP contribution is -2.35. The molecule has 0 bridgehead atoms. The van der Waals surface area contributed by atoms with E-state index in [0.29, 0.717) is 17.7 Å². The van der Waals surface area contributed by atoms with Crippen LogP contribution in [0.2, 0.25) is 0 Å². The van der Waals surface area contributed by atoms with E-state index in [0.717, 1.165) is 26.2 Å². The summed E-state index contributed by atoms with van der Waals surface area (Å²) in [6.45, 7) is 3.67. The molecule has 2 fully saturated rings. The summed E-state index contributed by atoms with van der Waals surface area (Å²) < 4.78 is 0. The highest BCUT2D eigenvalue weighted by atomic mass is 16.2. The SMILES string of the molecule is O=c1[nH]nc(N2C[C@H]3CNC[C@H]3C2)c(=O)[nH]1. The van der Waals surface area contributed by atoms with Crippen LogP contribution >= 0.6 is 0 Å². The van der Waals surface area contributed by atoms with Gasteiger partial charge in [-0.3, -0.25) is 9.78 Å². The third kappa shape index (κ3) is 1.44. The molecular formula is C9H13N5O2. The van der Waals surface area contributed by atoms with Crippen molar-refractivity contribution in [3.63, 3.8) is 0 Å². The van der Waals surface area contributed by atoms with Crippen LogP contribution in [0, 0.1) is 11.8 Å². The van der Waals surface area contributed by atoms with Crippen LogP contribution in [0.3, 0.4) is 0 Å². The van der Waals surface area contributed by atoms with Crippen molar-refractivity contribution in [2.45, 2.75) is 0 Å². The Balaban J connectivity index is 1.89. The second-order valence-corrected chi connectivity index (χ2v) is 4.41. The Bertz CT molecular complexity index is 495. The number of H-pyrrole nitrogens is 2. The van der Waals surface area contributed by atoms with Gasteiger partial charge in [0.2, 0.25) is 5.82 Å². The van der Waals surface area contributed by atoms with E-state index in [1.807, 2.05) is 4.90 Å². The van der Waals surface area contributed by atoms with Crippen molar-refractivity contribution in [3.8, 4) is 0 Å². The summed E-state index contributed by atoms with van der Waals surface area (Å²) in [5.41, 5.74) is -0.966. The molecular weight excluding hydrogens is 210 g/mol. The zero-order valence-corrected chi connectivity index (χ0v) is 8.69. The Kier molecular flexibility index (Phi) is 2.06. The van der Waals surface area contributed by atoms with Gasteiger partial charge >= 0.3 is 5.69 Å². The molecule has 3 rings (SSSR count). The first-order chi connectivity index (χ1) is 7.74. The van der Waals surface area contributed by atoms with Crippen molar-refractivity contribution in [2.24, 2.45) is 11.8 Å². The van der Waals surface area contributed by atoms with Crippen LogP contribution in [0.4, 0.5) is 5.82 Å². The van der Waals surface area contributed by atoms with Crippen LogP contribution in [0.1, 0.15) is 0 Å². The Labute approximate surface area is 90.9 Å². The van der Waals surface area contributed by atoms with Crippen LogP contribution in [0.5, 0.6) is 0 Å². The minimum atomic E-state index is -0.560. The predicted octanol–water partition coefficient (Wildman–Crippen LogP) is -1.89. The van der Waals surface area contributed by atoms with Crippen LogP contribution < -0.4 is 21.5 Å². The van der Waals surface area contributed by atoms with E-state index in [4.69, 9.17) is 0 Å². The molecule has 0 spiro atoms. The predicted molar refractivity (Wildman–Crippen MR) is 57.5 cm³/mol. The minimum absolute atomic E-state index is 0.328. The molecule has 0 unspecified atom stereocenters. The monoisotopic (exact) mass is 223 g/mol. The fourth-order valence-electron chi connectivity index (χ4n) is 2.58. The zero-order chi connectivity index (χ0) is 11.1. The summed E-state index contributed by atoms with van der Waals surface area (Å²) >= 11 is 0. The molecule has 0 radical (unpaired) electrons. The smallest absolute Gasteiger partial charge is 0.342 e. The maximum absolute atomic E-state index is 11.6. The van der Waals surface area contributed by atoms with E-state index < -0.39 is 11.2 Å². The number of anilines is 1. The van der Waals surface area contributed by atoms with Gasteiger partial charge in [0.15, 0.2) is 0 Å². The molecule has 1 aromatic heterocycles. The van der Waals surface area contributed by atoms with Crippen LogP contribution in [-0.4, -0.2) is 41.4 Å². The molecule has 0 aromatic carbocycles. The largest absolute Gasteiger partial charge is 0.350 e. The molecule has 86 valence electrons. The van der Waals surface area contributed by atoms with E-state index in [2.05, 4.69) is 20.5 Å². The van der Waals surface area contributed by atoms with Gasteiger partial charge in [0.25, 0.3) is 5.56 Å². The van der Waals surface area contributed by atoms with Gasteiger partial charge in [-0.2, -0.15) is 0 Å². The van der Waals surface area contributed by atoms with E-state index in [1.165, 1.54) is 0 Å². The third-order valence-corrected chi connectivity index (χ3v) is 3.38. The number of hydrogen-bond acceptors (Lipinski definition) is 5. The number of aromatic amines is 2. The van der Waals surface area contributed by atoms with Crippen molar-refractivity contribution in [2.75, 3.05) is 31.1 Å². The molecule has 7 nitrogen and oxygen atoms in total. The first kappa shape index (κ1) is 9.59. The number of aromatic nitrogens is 3. The average Bonchev–Trinajstić information content (AvgIpc) is 2.76. The van der Waals surface area contributed by atoms with Gasteiger partial charge in [-0.25, -0.2) is 9.89 Å². The number of nitrogens with zero attached hydrogens (tertiary/aromatic N) is 2. The van der Waals surface area contributed by atoms with E-state index in [-0.39, 0.29) is 0 Å². The fraction of sp³-hybridized carbons (Fsp3) is 0.667. The second-order valence-electron chi connectivity index (χ2n) is 4.41. The summed E-state index contributed by atoms with van der Waals surface area (Å²) in [5, 5.41) is 9.41. The number of hydrogen-bond donors (Lipinski definition) is 3. The minimum Gasteiger partial charge on any atom is -0.350 e. The molecule has 1 aromatic rings. The highest BCUT2D eigenvalue weighted by Crippen LogP contribution is 2.27. The quantitative estimate of drug-likeness (QED) is 0.518. The maximum atomic E-state index is 11.6. The summed E-state index contributed by atoms with van der Waals surface area (Å²) in [5.74, 6) is 1.51. The summed E-state index contributed by atoms with van der Waals surface area (Å²) in [7, 11) is 0. The highest BCUT2D eigenvalue weighted by Gasteiger charge is 2.37. The van der Waals surface area contributed by atoms with Gasteiger partial charge in [-0.1, -0.05) is 0 Å². The Hall–Kier alpha value is -1.63. The van der Waals surface area contributed by atoms with Crippen molar-refractivity contribution >= 4 is 5.82 Å². The topological polar surface area (TPSA) is 93.9 Å². The lowest BCUT2D eigenvalue weighted by molar-refractivity contribution is 0.533. The molecule has 2 aliphatic rings. The van der Waals surface area contributed by atoms with E-state index >= 15 is 0 Å². The van der Waals surface area contributed by atoms with Crippen LogP contribution in [-0.2, 0) is 0 Å². The second kappa shape index (κ2) is 3.44. The van der Waals surface area contributed by atoms with Crippen molar-refractivity contribution < 1.29 is 0 Å². The molecule has 3 N–H and O–H groups in total. The molecule has 3 heterocycles. The number of rotatable bonds is 1. The number of fused-ring (bicyclic) bond motifs is 1. The van der Waals surface area contributed by atoms with Crippen LogP contribution in [0.15, 0.2) is 9.59 Å². The Morgan fingerprint density at radius 1 is 1.19 bits per heavy atom. The molecule has 2 saturated heterocycles. The van der Waals surface area contributed by atoms with Gasteiger partial charge in [0.05, 0.1) is 0 Å². The molecule has 7 heteroatoms. The third-order valence-electron chi connectivity index (χ3n) is 3.38. The van der Waals surface area contributed by atoms with Gasteiger partial charge < -0.3 is 10.2 Å². The highest BCUT2D eigenvalue weighted by molar-refractivity contribution is 5.36. The standard InChI is InChI=1S/C9H13N5O2/c15-8-7(12-13-9(16)11-8)14-3-5-1-10-2-6(5)4-14/h5-6,10H,1-4H2,(H2,11,13,15,16)/t5-,6+. The summed E-state index contributed by atoms with van der Waals surface area (Å²) in [6.07, 6.45) is 0. The lowest BCUT2D eigenvalue weighted by Gasteiger charge is -2.16. The lowest BCUT2D eigenvalue weighted by atomic mass is 10.0. The van der Waals surface area contributed by atoms with Gasteiger partial charge in [-0.15, -0.1) is 5.10 Å². The molecule has 0 saturated carbocycles. The summed E-state index contributed by atoms with van der Waals surface area (Å²) in [6, 6.07) is 0. The average molecular weight is 223 g/mol. The Morgan fingerprint density at radius 2 is 1.88 bits per heavy atom. The Morgan fingerprint density at radius 3 is 2.50 bits per heavy atom. The normalized spacial score (nSPS) is 28.4. The molecule has 2 aliphatic heterocycles. The summed E-state index contributed by atoms with van der Waals surface area (Å²) in [4.78, 5) is 26.5. The first-order valence-electron chi connectivity index (χ1n) is 5.38.